The van der Waals surface area contributed by atoms with Crippen LogP contribution in [-0.4, -0.2) is 35.2 Å². The van der Waals surface area contributed by atoms with Gasteiger partial charge in [-0.05, 0) is 56.7 Å². The second kappa shape index (κ2) is 9.72. The molecule has 1 saturated heterocycles. The third-order valence-corrected chi connectivity index (χ3v) is 5.53. The number of hydrogen-bond acceptors (Lipinski definition) is 4. The Morgan fingerprint density at radius 1 is 1.23 bits per heavy atom. The maximum Gasteiger partial charge on any atom is 0.128 e. The molecule has 0 bridgehead atoms. The monoisotopic (exact) mass is 351 g/mol. The van der Waals surface area contributed by atoms with Gasteiger partial charge in [-0.25, -0.2) is 0 Å². The molecule has 0 spiro atoms. The quantitative estimate of drug-likeness (QED) is 0.588. The van der Waals surface area contributed by atoms with E-state index in [0.29, 0.717) is 19.1 Å². The van der Waals surface area contributed by atoms with Crippen LogP contribution in [0, 0.1) is 23.2 Å². The summed E-state index contributed by atoms with van der Waals surface area (Å²) in [6.07, 6.45) is 13.6. The van der Waals surface area contributed by atoms with Crippen LogP contribution in [0.3, 0.4) is 0 Å². The first-order valence-electron chi connectivity index (χ1n) is 9.98. The number of piperidine rings is 1. The van der Waals surface area contributed by atoms with Crippen molar-refractivity contribution >= 4 is 0 Å². The average Bonchev–Trinajstić information content (AvgIpc) is 2.70. The first-order valence-corrected chi connectivity index (χ1v) is 9.98. The summed E-state index contributed by atoms with van der Waals surface area (Å²) < 4.78 is 6.09. The molecule has 2 heterocycles. The molecule has 0 amide bonds. The standard InChI is InChI=1S/C22H29N3O/c23-14-8-18-26-22(11-3-1-4-12-22)13-7-17-25-16-5-2-10-21(25)20-9-6-15-24-19-20/h6,9,15,19,21H,1-5,8,10-12,16-18H2/t21-/m1/s1. The lowest BCUT2D eigenvalue weighted by molar-refractivity contribution is -0.0233. The maximum atomic E-state index is 8.79. The van der Waals surface area contributed by atoms with Gasteiger partial charge in [0.15, 0.2) is 0 Å². The van der Waals surface area contributed by atoms with E-state index in [1.807, 2.05) is 18.5 Å². The Labute approximate surface area is 157 Å². The van der Waals surface area contributed by atoms with Gasteiger partial charge in [-0.2, -0.15) is 5.26 Å². The van der Waals surface area contributed by atoms with Gasteiger partial charge < -0.3 is 4.74 Å². The second-order valence-corrected chi connectivity index (χ2v) is 7.38. The maximum absolute atomic E-state index is 8.79. The van der Waals surface area contributed by atoms with E-state index in [1.54, 1.807) is 0 Å². The molecule has 3 rings (SSSR count). The van der Waals surface area contributed by atoms with Crippen molar-refractivity contribution in [2.75, 3.05) is 19.7 Å². The minimum atomic E-state index is -0.325. The van der Waals surface area contributed by atoms with Crippen molar-refractivity contribution in [1.82, 2.24) is 9.88 Å². The van der Waals surface area contributed by atoms with Crippen LogP contribution in [-0.2, 0) is 4.74 Å². The van der Waals surface area contributed by atoms with Gasteiger partial charge in [0.2, 0.25) is 0 Å². The molecule has 1 saturated carbocycles. The average molecular weight is 351 g/mol. The molecule has 0 aromatic carbocycles. The molecule has 0 unspecified atom stereocenters. The van der Waals surface area contributed by atoms with Gasteiger partial charge in [0.1, 0.15) is 5.60 Å². The van der Waals surface area contributed by atoms with Crippen molar-refractivity contribution in [3.8, 4) is 17.9 Å². The van der Waals surface area contributed by atoms with Crippen LogP contribution in [0.25, 0.3) is 0 Å². The second-order valence-electron chi connectivity index (χ2n) is 7.38. The van der Waals surface area contributed by atoms with E-state index >= 15 is 0 Å². The van der Waals surface area contributed by atoms with Gasteiger partial charge >= 0.3 is 0 Å². The highest BCUT2D eigenvalue weighted by atomic mass is 16.5. The Morgan fingerprint density at radius 2 is 2.12 bits per heavy atom. The molecule has 1 aliphatic heterocycles. The molecule has 2 aliphatic rings. The van der Waals surface area contributed by atoms with Crippen molar-refractivity contribution in [2.24, 2.45) is 0 Å². The largest absolute Gasteiger partial charge is 0.361 e. The van der Waals surface area contributed by atoms with E-state index in [0.717, 1.165) is 25.9 Å². The molecule has 1 aromatic heterocycles. The Kier molecular flexibility index (Phi) is 7.06. The summed E-state index contributed by atoms with van der Waals surface area (Å²) in [7, 11) is 0. The summed E-state index contributed by atoms with van der Waals surface area (Å²) in [4.78, 5) is 6.78. The summed E-state index contributed by atoms with van der Waals surface area (Å²) in [5.74, 6) is 6.91. The van der Waals surface area contributed by atoms with E-state index in [4.69, 9.17) is 10.00 Å². The van der Waals surface area contributed by atoms with Gasteiger partial charge in [-0.15, -0.1) is 0 Å². The first kappa shape index (κ1) is 18.9. The molecular weight excluding hydrogens is 322 g/mol. The summed E-state index contributed by atoms with van der Waals surface area (Å²) in [5.41, 5.74) is 0.973. The van der Waals surface area contributed by atoms with E-state index in [9.17, 15) is 0 Å². The lowest BCUT2D eigenvalue weighted by atomic mass is 9.85. The minimum Gasteiger partial charge on any atom is -0.361 e. The van der Waals surface area contributed by atoms with Crippen LogP contribution in [0.4, 0.5) is 0 Å². The third kappa shape index (κ3) is 5.07. The fourth-order valence-electron chi connectivity index (χ4n) is 4.15. The van der Waals surface area contributed by atoms with Crippen LogP contribution < -0.4 is 0 Å². The predicted octanol–water partition coefficient (Wildman–Crippen LogP) is 4.25. The predicted molar refractivity (Wildman–Crippen MR) is 102 cm³/mol. The zero-order valence-corrected chi connectivity index (χ0v) is 15.6. The van der Waals surface area contributed by atoms with Gasteiger partial charge in [0.05, 0.1) is 25.6 Å². The van der Waals surface area contributed by atoms with Crippen LogP contribution in [0.15, 0.2) is 24.5 Å². The van der Waals surface area contributed by atoms with Crippen LogP contribution in [0.2, 0.25) is 0 Å². The van der Waals surface area contributed by atoms with Crippen molar-refractivity contribution in [1.29, 1.82) is 5.26 Å². The minimum absolute atomic E-state index is 0.325. The summed E-state index contributed by atoms with van der Waals surface area (Å²) in [5, 5.41) is 8.79. The lowest BCUT2D eigenvalue weighted by Crippen LogP contribution is -2.36. The zero-order chi connectivity index (χ0) is 18.1. The van der Waals surface area contributed by atoms with Crippen molar-refractivity contribution in [2.45, 2.75) is 69.4 Å². The molecular formula is C22H29N3O. The third-order valence-electron chi connectivity index (χ3n) is 5.53. The number of nitriles is 1. The zero-order valence-electron chi connectivity index (χ0n) is 15.6. The Hall–Kier alpha value is -1.88. The molecule has 4 nitrogen and oxygen atoms in total. The van der Waals surface area contributed by atoms with Crippen molar-refractivity contribution in [3.05, 3.63) is 30.1 Å². The molecule has 2 fully saturated rings. The van der Waals surface area contributed by atoms with Gasteiger partial charge in [0.25, 0.3) is 0 Å². The molecule has 1 aliphatic carbocycles. The molecule has 26 heavy (non-hydrogen) atoms. The first-order chi connectivity index (χ1) is 12.8. The Balaban J connectivity index is 1.66. The highest BCUT2D eigenvalue weighted by Gasteiger charge is 2.31. The molecule has 0 N–H and O–H groups in total. The molecule has 1 aromatic rings. The number of hydrogen-bond donors (Lipinski definition) is 0. The Morgan fingerprint density at radius 3 is 2.88 bits per heavy atom. The number of aromatic nitrogens is 1. The Bertz CT molecular complexity index is 649. The number of likely N-dealkylation sites (tertiary alicyclic amines) is 1. The number of nitrogens with zero attached hydrogens (tertiary/aromatic N) is 3. The highest BCUT2D eigenvalue weighted by Crippen LogP contribution is 2.32. The number of pyridine rings is 1. The molecule has 1 atom stereocenters. The SMILES string of the molecule is N#CCCOC1(C#CCN2CCCC[C@@H]2c2cccnc2)CCCCC1. The summed E-state index contributed by atoms with van der Waals surface area (Å²) in [6, 6.07) is 6.79. The van der Waals surface area contributed by atoms with E-state index < -0.39 is 0 Å². The number of rotatable bonds is 5. The highest BCUT2D eigenvalue weighted by molar-refractivity contribution is 5.19. The number of ether oxygens (including phenoxy) is 1. The van der Waals surface area contributed by atoms with E-state index in [2.05, 4.69) is 33.9 Å². The van der Waals surface area contributed by atoms with E-state index in [1.165, 1.54) is 44.1 Å². The molecule has 4 heteroatoms. The lowest BCUT2D eigenvalue weighted by Gasteiger charge is -2.35. The normalized spacial score (nSPS) is 22.8. The fraction of sp³-hybridized carbons (Fsp3) is 0.636. The molecule has 138 valence electrons. The van der Waals surface area contributed by atoms with Crippen molar-refractivity contribution < 1.29 is 4.74 Å². The molecule has 0 radical (unpaired) electrons. The fourth-order valence-corrected chi connectivity index (χ4v) is 4.15. The summed E-state index contributed by atoms with van der Waals surface area (Å²) in [6.45, 7) is 2.37. The van der Waals surface area contributed by atoms with Crippen LogP contribution >= 0.6 is 0 Å². The summed E-state index contributed by atoms with van der Waals surface area (Å²) >= 11 is 0. The van der Waals surface area contributed by atoms with Crippen LogP contribution in [0.1, 0.15) is 69.4 Å². The van der Waals surface area contributed by atoms with Crippen molar-refractivity contribution in [3.63, 3.8) is 0 Å². The smallest absolute Gasteiger partial charge is 0.128 e. The van der Waals surface area contributed by atoms with Gasteiger partial charge in [-0.3, -0.25) is 9.88 Å². The topological polar surface area (TPSA) is 49.1 Å². The van der Waals surface area contributed by atoms with E-state index in [-0.39, 0.29) is 5.60 Å². The van der Waals surface area contributed by atoms with Gasteiger partial charge in [0, 0.05) is 18.4 Å². The van der Waals surface area contributed by atoms with Gasteiger partial charge in [-0.1, -0.05) is 30.7 Å². The van der Waals surface area contributed by atoms with Crippen LogP contribution in [0.5, 0.6) is 0 Å².